The highest BCUT2D eigenvalue weighted by atomic mass is 35.5. The van der Waals surface area contributed by atoms with E-state index in [1.54, 1.807) is 6.07 Å². The summed E-state index contributed by atoms with van der Waals surface area (Å²) in [5.41, 5.74) is 0.238. The predicted molar refractivity (Wildman–Crippen MR) is 87.7 cm³/mol. The van der Waals surface area contributed by atoms with Crippen molar-refractivity contribution >= 4 is 17.4 Å². The lowest BCUT2D eigenvalue weighted by Crippen LogP contribution is -2.29. The number of fused-ring (bicyclic) bond motifs is 1. The molecule has 0 saturated carbocycles. The van der Waals surface area contributed by atoms with Gasteiger partial charge in [-0.15, -0.1) is 0 Å². The van der Waals surface area contributed by atoms with Gasteiger partial charge in [-0.2, -0.15) is 10.5 Å². The summed E-state index contributed by atoms with van der Waals surface area (Å²) in [4.78, 5) is 12.1. The van der Waals surface area contributed by atoms with Gasteiger partial charge in [0.2, 0.25) is 0 Å². The molecule has 0 fully saturated rings. The van der Waals surface area contributed by atoms with Crippen molar-refractivity contribution in [1.29, 1.82) is 10.5 Å². The zero-order valence-electron chi connectivity index (χ0n) is 13.4. The molecule has 130 valence electrons. The molecule has 0 N–H and O–H groups in total. The summed E-state index contributed by atoms with van der Waals surface area (Å²) in [6, 6.07) is 6.51. The summed E-state index contributed by atoms with van der Waals surface area (Å²) in [5.74, 6) is -3.50. The van der Waals surface area contributed by atoms with Gasteiger partial charge >= 0.3 is 0 Å². The number of benzene rings is 2. The Morgan fingerprint density at radius 3 is 2.50 bits per heavy atom. The Morgan fingerprint density at radius 1 is 1.19 bits per heavy atom. The van der Waals surface area contributed by atoms with E-state index in [4.69, 9.17) is 11.6 Å². The van der Waals surface area contributed by atoms with Crippen molar-refractivity contribution in [2.75, 3.05) is 0 Å². The van der Waals surface area contributed by atoms with Gasteiger partial charge in [-0.3, -0.25) is 4.79 Å². The van der Waals surface area contributed by atoms with Crippen molar-refractivity contribution in [3.8, 4) is 12.1 Å². The van der Waals surface area contributed by atoms with Crippen molar-refractivity contribution in [1.82, 2.24) is 0 Å². The van der Waals surface area contributed by atoms with Crippen molar-refractivity contribution in [3.63, 3.8) is 0 Å². The SMILES string of the molecule is Cc1c([C@H]2C[C@H](F)C(=O)c3cc(F)cc(C#N)c32)cc(F)c(Cl)c1C#N. The quantitative estimate of drug-likeness (QED) is 0.725. The number of carbonyl (C=O) groups excluding carboxylic acids is 1. The number of halogens is 4. The first-order chi connectivity index (χ1) is 12.3. The monoisotopic (exact) mass is 374 g/mol. The zero-order chi connectivity index (χ0) is 19.2. The molecular weight excluding hydrogens is 365 g/mol. The highest BCUT2D eigenvalue weighted by Crippen LogP contribution is 2.43. The number of Topliss-reactive ketones (excluding diaryl/α,β-unsaturated/α-hetero) is 1. The number of nitriles is 2. The largest absolute Gasteiger partial charge is 0.291 e. The maximum Gasteiger partial charge on any atom is 0.197 e. The summed E-state index contributed by atoms with van der Waals surface area (Å²) in [6.07, 6.45) is -2.26. The van der Waals surface area contributed by atoms with E-state index >= 15 is 0 Å². The Balaban J connectivity index is 2.35. The van der Waals surface area contributed by atoms with Gasteiger partial charge in [-0.25, -0.2) is 13.2 Å². The van der Waals surface area contributed by atoms with Crippen LogP contribution in [0.5, 0.6) is 0 Å². The third kappa shape index (κ3) is 2.64. The minimum absolute atomic E-state index is 0.101. The van der Waals surface area contributed by atoms with E-state index in [1.807, 2.05) is 6.07 Å². The molecule has 0 heterocycles. The molecule has 0 spiro atoms. The zero-order valence-corrected chi connectivity index (χ0v) is 14.2. The van der Waals surface area contributed by atoms with Crippen LogP contribution < -0.4 is 0 Å². The van der Waals surface area contributed by atoms with Crippen LogP contribution in [0.25, 0.3) is 0 Å². The minimum atomic E-state index is -1.93. The van der Waals surface area contributed by atoms with Crippen LogP contribution in [-0.4, -0.2) is 12.0 Å². The topological polar surface area (TPSA) is 64.7 Å². The van der Waals surface area contributed by atoms with Crippen LogP contribution in [0.4, 0.5) is 13.2 Å². The first-order valence-electron chi connectivity index (χ1n) is 7.60. The van der Waals surface area contributed by atoms with Crippen molar-refractivity contribution in [2.24, 2.45) is 0 Å². The van der Waals surface area contributed by atoms with Crippen LogP contribution in [0.15, 0.2) is 18.2 Å². The second kappa shape index (κ2) is 6.48. The first-order valence-corrected chi connectivity index (χ1v) is 7.98. The third-order valence-corrected chi connectivity index (χ3v) is 4.98. The molecule has 0 radical (unpaired) electrons. The number of ketones is 1. The summed E-state index contributed by atoms with van der Waals surface area (Å²) in [5, 5.41) is 18.2. The van der Waals surface area contributed by atoms with Crippen molar-refractivity contribution < 1.29 is 18.0 Å². The summed E-state index contributed by atoms with van der Waals surface area (Å²) < 4.78 is 42.2. The van der Waals surface area contributed by atoms with Gasteiger partial charge in [-0.1, -0.05) is 11.6 Å². The second-order valence-corrected chi connectivity index (χ2v) is 6.40. The van der Waals surface area contributed by atoms with Gasteiger partial charge < -0.3 is 0 Å². The molecule has 2 aromatic carbocycles. The Hall–Kier alpha value is -2.83. The van der Waals surface area contributed by atoms with E-state index in [9.17, 15) is 28.5 Å². The number of carbonyl (C=O) groups is 1. The molecule has 0 aromatic heterocycles. The maximum atomic E-state index is 14.3. The van der Waals surface area contributed by atoms with Crippen LogP contribution in [0.2, 0.25) is 5.02 Å². The second-order valence-electron chi connectivity index (χ2n) is 6.02. The van der Waals surface area contributed by atoms with Gasteiger partial charge in [0, 0.05) is 11.5 Å². The summed E-state index contributed by atoms with van der Waals surface area (Å²) >= 11 is 5.81. The fourth-order valence-electron chi connectivity index (χ4n) is 3.40. The third-order valence-electron chi connectivity index (χ3n) is 4.61. The van der Waals surface area contributed by atoms with Gasteiger partial charge in [0.15, 0.2) is 12.0 Å². The molecule has 0 unspecified atom stereocenters. The van der Waals surface area contributed by atoms with Crippen molar-refractivity contribution in [3.05, 3.63) is 68.2 Å². The fourth-order valence-corrected chi connectivity index (χ4v) is 3.64. The molecule has 3 nitrogen and oxygen atoms in total. The van der Waals surface area contributed by atoms with E-state index < -0.39 is 29.5 Å². The van der Waals surface area contributed by atoms with E-state index in [0.717, 1.165) is 18.2 Å². The normalized spacial score (nSPS) is 18.8. The molecule has 26 heavy (non-hydrogen) atoms. The van der Waals surface area contributed by atoms with E-state index in [2.05, 4.69) is 0 Å². The lowest BCUT2D eigenvalue weighted by molar-refractivity contribution is 0.0848. The molecule has 0 amide bonds. The van der Waals surface area contributed by atoms with E-state index in [0.29, 0.717) is 5.56 Å². The molecule has 3 rings (SSSR count). The number of hydrogen-bond donors (Lipinski definition) is 0. The Kier molecular flexibility index (Phi) is 4.48. The van der Waals surface area contributed by atoms with Gasteiger partial charge in [-0.05, 0) is 48.2 Å². The summed E-state index contributed by atoms with van der Waals surface area (Å²) in [6.45, 7) is 1.53. The fraction of sp³-hybridized carbons (Fsp3) is 0.211. The van der Waals surface area contributed by atoms with Gasteiger partial charge in [0.1, 0.15) is 17.7 Å². The van der Waals surface area contributed by atoms with Crippen LogP contribution in [0, 0.1) is 41.2 Å². The standard InChI is InChI=1S/C19H10ClF3N2O/c1-8-11(4-15(22)18(20)14(8)7-25)12-5-16(23)19(26)13-3-10(21)2-9(6-24)17(12)13/h2-4,12,16H,5H2,1H3/t12-,16+/m1/s1. The lowest BCUT2D eigenvalue weighted by atomic mass is 9.74. The van der Waals surface area contributed by atoms with E-state index in [1.165, 1.54) is 6.92 Å². The number of rotatable bonds is 1. The Morgan fingerprint density at radius 2 is 1.88 bits per heavy atom. The Labute approximate surface area is 152 Å². The lowest BCUT2D eigenvalue weighted by Gasteiger charge is -2.29. The van der Waals surface area contributed by atoms with Crippen molar-refractivity contribution in [2.45, 2.75) is 25.4 Å². The minimum Gasteiger partial charge on any atom is -0.291 e. The van der Waals surface area contributed by atoms with Crippen LogP contribution >= 0.6 is 11.6 Å². The highest BCUT2D eigenvalue weighted by molar-refractivity contribution is 6.32. The number of alkyl halides is 1. The number of hydrogen-bond acceptors (Lipinski definition) is 3. The molecule has 0 saturated heterocycles. The van der Waals surface area contributed by atoms with E-state index in [-0.39, 0.29) is 39.3 Å². The van der Waals surface area contributed by atoms with Crippen LogP contribution in [0.3, 0.4) is 0 Å². The Bertz CT molecular complexity index is 1040. The molecule has 1 aliphatic carbocycles. The van der Waals surface area contributed by atoms with Crippen LogP contribution in [0.1, 0.15) is 50.5 Å². The average molecular weight is 375 g/mol. The van der Waals surface area contributed by atoms with Gasteiger partial charge in [0.05, 0.1) is 22.2 Å². The molecule has 2 aromatic rings. The molecule has 0 aliphatic heterocycles. The smallest absolute Gasteiger partial charge is 0.197 e. The molecule has 7 heteroatoms. The molecule has 2 atom stereocenters. The molecular formula is C19H10ClF3N2O. The maximum absolute atomic E-state index is 14.3. The molecule has 0 bridgehead atoms. The first kappa shape index (κ1) is 18.0. The number of nitrogens with zero attached hydrogens (tertiary/aromatic N) is 2. The highest BCUT2D eigenvalue weighted by Gasteiger charge is 2.38. The predicted octanol–water partition coefficient (Wildman–Crippen LogP) is 4.73. The molecule has 1 aliphatic rings. The summed E-state index contributed by atoms with van der Waals surface area (Å²) in [7, 11) is 0. The average Bonchev–Trinajstić information content (AvgIpc) is 2.61. The van der Waals surface area contributed by atoms with Gasteiger partial charge in [0.25, 0.3) is 0 Å². The van der Waals surface area contributed by atoms with Crippen LogP contribution in [-0.2, 0) is 0 Å².